The summed E-state index contributed by atoms with van der Waals surface area (Å²) in [6.45, 7) is 33.7. The fourth-order valence-electron chi connectivity index (χ4n) is 5.55. The van der Waals surface area contributed by atoms with E-state index >= 15 is 0 Å². The first-order chi connectivity index (χ1) is 34.4. The highest BCUT2D eigenvalue weighted by atomic mass is 16.5. The number of aliphatic hydroxyl groups is 4. The number of unbranched alkanes of at least 4 members (excludes halogenated alkanes) is 12. The summed E-state index contributed by atoms with van der Waals surface area (Å²) in [7, 11) is 3.86. The fraction of sp³-hybridized carbons (Fsp3) is 0.729. The molecule has 0 aromatic heterocycles. The zero-order valence-corrected chi connectivity index (χ0v) is 49.5. The van der Waals surface area contributed by atoms with E-state index in [2.05, 4.69) is 65.4 Å². The van der Waals surface area contributed by atoms with Crippen molar-refractivity contribution in [1.29, 1.82) is 0 Å². The molecule has 6 N–H and O–H groups in total. The van der Waals surface area contributed by atoms with Crippen molar-refractivity contribution in [2.75, 3.05) is 21.3 Å². The highest BCUT2D eigenvalue weighted by Gasteiger charge is 2.22. The maximum Gasteiger partial charge on any atom is 0.332 e. The molecule has 7 atom stereocenters. The van der Waals surface area contributed by atoms with E-state index in [1.54, 1.807) is 58.9 Å². The van der Waals surface area contributed by atoms with Crippen molar-refractivity contribution in [2.45, 2.75) is 253 Å². The van der Waals surface area contributed by atoms with Crippen molar-refractivity contribution in [2.24, 2.45) is 5.92 Å². The zero-order chi connectivity index (χ0) is 58.8. The maximum atomic E-state index is 11.5. The van der Waals surface area contributed by atoms with Crippen molar-refractivity contribution in [3.05, 3.63) is 62.3 Å². The molecule has 74 heavy (non-hydrogen) atoms. The largest absolute Gasteiger partial charge is 0.469 e. The van der Waals surface area contributed by atoms with Crippen LogP contribution in [-0.4, -0.2) is 112 Å². The number of carbonyl (C=O) groups is 6. The van der Waals surface area contributed by atoms with Crippen molar-refractivity contribution < 1.29 is 63.4 Å². The highest BCUT2D eigenvalue weighted by Crippen LogP contribution is 2.18. The predicted molar refractivity (Wildman–Crippen MR) is 303 cm³/mol. The quantitative estimate of drug-likeness (QED) is 0.0159. The highest BCUT2D eigenvalue weighted by molar-refractivity contribution is 5.85. The second-order valence-electron chi connectivity index (χ2n) is 19.4. The molecule has 2 amide bonds. The summed E-state index contributed by atoms with van der Waals surface area (Å²) in [6.07, 6.45) is 32.2. The molecule has 0 fully saturated rings. The van der Waals surface area contributed by atoms with Gasteiger partial charge >= 0.3 is 17.9 Å². The van der Waals surface area contributed by atoms with Gasteiger partial charge in [-0.25, -0.2) is 9.59 Å². The van der Waals surface area contributed by atoms with E-state index in [9.17, 15) is 44.1 Å². The Bertz CT molecular complexity index is 1550. The van der Waals surface area contributed by atoms with Gasteiger partial charge in [-0.3, -0.25) is 14.4 Å². The van der Waals surface area contributed by atoms with Crippen LogP contribution >= 0.6 is 0 Å². The number of hydrogen-bond acceptors (Lipinski definition) is 13. The average molecular weight is 1060 g/mol. The van der Waals surface area contributed by atoms with Gasteiger partial charge in [-0.05, 0) is 73.6 Å². The van der Waals surface area contributed by atoms with Gasteiger partial charge in [0.1, 0.15) is 17.9 Å². The van der Waals surface area contributed by atoms with Crippen molar-refractivity contribution in [3.8, 4) is 0 Å². The topological polar surface area (TPSA) is 235 Å². The van der Waals surface area contributed by atoms with Gasteiger partial charge in [0.25, 0.3) is 0 Å². The molecule has 0 heterocycles. The Morgan fingerprint density at radius 3 is 1.07 bits per heavy atom. The molecule has 0 aliphatic carbocycles. The molecule has 0 radical (unpaired) electrons. The molecule has 5 unspecified atom stereocenters. The van der Waals surface area contributed by atoms with Crippen LogP contribution in [0.3, 0.4) is 0 Å². The number of ketones is 1. The van der Waals surface area contributed by atoms with Crippen LogP contribution in [-0.2, 0) is 43.0 Å². The monoisotopic (exact) mass is 1050 g/mol. The Balaban J connectivity index is -0.000000195. The van der Waals surface area contributed by atoms with Crippen LogP contribution in [0.5, 0.6) is 0 Å². The predicted octanol–water partition coefficient (Wildman–Crippen LogP) is 11.2. The van der Waals surface area contributed by atoms with E-state index in [1.807, 2.05) is 20.8 Å². The molecular weight excluding hydrogens is 945 g/mol. The number of nitrogens with one attached hydrogen (secondary N) is 2. The molecular formula is C59H110N2O13. The van der Waals surface area contributed by atoms with Crippen LogP contribution in [0.25, 0.3) is 0 Å². The van der Waals surface area contributed by atoms with Crippen LogP contribution in [0.15, 0.2) is 62.3 Å². The molecule has 0 bridgehead atoms. The minimum Gasteiger partial charge on any atom is -0.469 e. The summed E-state index contributed by atoms with van der Waals surface area (Å²) in [6, 6.07) is -1.72. The number of amides is 2. The lowest BCUT2D eigenvalue weighted by Gasteiger charge is -2.20. The van der Waals surface area contributed by atoms with Gasteiger partial charge in [-0.15, -0.1) is 19.7 Å². The first-order valence-electron chi connectivity index (χ1n) is 26.8. The Morgan fingerprint density at radius 1 is 0.486 bits per heavy atom. The number of esters is 3. The summed E-state index contributed by atoms with van der Waals surface area (Å²) in [5, 5.41) is 43.4. The lowest BCUT2D eigenvalue weighted by molar-refractivity contribution is -0.143. The SMILES string of the molecule is C=CC(C)(O)CC.C=CC(C)(O)CCCCCCC.C=CC(C)C(=O)OC.CCC(C)(O)/C=C/[C@H](NC(C)=O)C(=O)OC.CCCCCCCC(C)(O)/C=C/[C@H](NC(C)=O)C(=O)OC.CCCCCCCC(C)=O. The van der Waals surface area contributed by atoms with Crippen LogP contribution < -0.4 is 10.6 Å². The Hall–Kier alpha value is -4.44. The number of Topliss-reactive ketones (excluding diaryl/α,β-unsaturated/α-hetero) is 1. The molecule has 0 saturated heterocycles. The lowest BCUT2D eigenvalue weighted by atomic mass is 9.96. The molecule has 0 aromatic rings. The summed E-state index contributed by atoms with van der Waals surface area (Å²) in [4.78, 5) is 65.6. The van der Waals surface area contributed by atoms with Crippen LogP contribution in [0.2, 0.25) is 0 Å². The number of ether oxygens (including phenoxy) is 3. The third kappa shape index (κ3) is 60.1. The van der Waals surface area contributed by atoms with E-state index in [1.165, 1.54) is 124 Å². The summed E-state index contributed by atoms with van der Waals surface area (Å²) >= 11 is 0. The molecule has 0 saturated carbocycles. The molecule has 0 aromatic carbocycles. The smallest absolute Gasteiger partial charge is 0.332 e. The van der Waals surface area contributed by atoms with E-state index in [0.29, 0.717) is 18.6 Å². The molecule has 0 aliphatic rings. The molecule has 15 nitrogen and oxygen atoms in total. The van der Waals surface area contributed by atoms with E-state index in [4.69, 9.17) is 5.11 Å². The van der Waals surface area contributed by atoms with Gasteiger partial charge in [0.2, 0.25) is 11.8 Å². The minimum absolute atomic E-state index is 0.181. The van der Waals surface area contributed by atoms with Crippen molar-refractivity contribution in [1.82, 2.24) is 10.6 Å². The molecule has 0 aliphatic heterocycles. The number of rotatable bonds is 32. The third-order valence-corrected chi connectivity index (χ3v) is 11.4. The first-order valence-corrected chi connectivity index (χ1v) is 26.8. The van der Waals surface area contributed by atoms with Crippen molar-refractivity contribution >= 4 is 35.5 Å². The van der Waals surface area contributed by atoms with Gasteiger partial charge in [0.05, 0.1) is 49.7 Å². The number of hydrogen-bond donors (Lipinski definition) is 6. The van der Waals surface area contributed by atoms with Gasteiger partial charge in [-0.2, -0.15) is 0 Å². The Labute approximate surface area is 450 Å². The normalized spacial score (nSPS) is 14.9. The summed E-state index contributed by atoms with van der Waals surface area (Å²) in [5.41, 5.74) is -3.28. The van der Waals surface area contributed by atoms with Gasteiger partial charge in [0, 0.05) is 20.3 Å². The Morgan fingerprint density at radius 2 is 0.811 bits per heavy atom. The summed E-state index contributed by atoms with van der Waals surface area (Å²) < 4.78 is 13.5. The molecule has 15 heteroatoms. The minimum atomic E-state index is -0.995. The van der Waals surface area contributed by atoms with E-state index in [0.717, 1.165) is 44.9 Å². The molecule has 0 rings (SSSR count). The second kappa shape index (κ2) is 50.7. The van der Waals surface area contributed by atoms with E-state index < -0.39 is 46.4 Å². The van der Waals surface area contributed by atoms with Crippen molar-refractivity contribution in [3.63, 3.8) is 0 Å². The standard InChI is InChI=1S/C16H29NO4.C11H19NO4.C11H22O.C9H18O.C6H10O2.C6H12O/c1-5-6-7-8-9-11-16(3,20)12-10-14(15(19)21-4)17-13(2)18;1-5-11(3,15)7-6-9(10(14)16-4)12-8(2)13;1-4-6-7-8-9-10-11(3,12)5-2;1-3-4-5-6-7-8-9(2)10;1-4-5(2)6(7)8-3;1-4-6(3,7)5-2/h10,12,14,20H,5-9,11H2,1-4H3,(H,17,18);6-7,9,15H,5H2,1-4H3,(H,12,13);5,12H,2,4,6-10H2,1,3H3;3-8H2,1-2H3;4-5H,1H2,2-3H3;4,7H,1,5H2,2-3H3/b12-10+;7-6+;;;;/t14-,16?;9-,11?;;;;/m00..../s1. The fourth-order valence-corrected chi connectivity index (χ4v) is 5.55. The van der Waals surface area contributed by atoms with E-state index in [-0.39, 0.29) is 23.7 Å². The van der Waals surface area contributed by atoms with Crippen LogP contribution in [0.1, 0.15) is 218 Å². The van der Waals surface area contributed by atoms with Gasteiger partial charge in [-0.1, -0.05) is 167 Å². The number of carbonyl (C=O) groups excluding carboxylic acids is 6. The molecule has 0 spiro atoms. The van der Waals surface area contributed by atoms with Gasteiger partial charge in [0.15, 0.2) is 0 Å². The third-order valence-electron chi connectivity index (χ3n) is 11.4. The summed E-state index contributed by atoms with van der Waals surface area (Å²) in [5.74, 6) is -1.87. The zero-order valence-electron chi connectivity index (χ0n) is 49.5. The lowest BCUT2D eigenvalue weighted by Crippen LogP contribution is -2.39. The first kappa shape index (κ1) is 80.9. The number of methoxy groups -OCH3 is 3. The maximum absolute atomic E-state index is 11.5. The van der Waals surface area contributed by atoms with Crippen LogP contribution in [0.4, 0.5) is 0 Å². The Kier molecular flexibility index (Phi) is 55.5. The van der Waals surface area contributed by atoms with Gasteiger partial charge < -0.3 is 50.1 Å². The average Bonchev–Trinajstić information content (AvgIpc) is 3.35. The van der Waals surface area contributed by atoms with Crippen LogP contribution in [0, 0.1) is 5.92 Å². The second-order valence-corrected chi connectivity index (χ2v) is 19.4. The molecule has 434 valence electrons.